The number of aromatic nitrogens is 2. The highest BCUT2D eigenvalue weighted by Crippen LogP contribution is 2.22. The lowest BCUT2D eigenvalue weighted by molar-refractivity contribution is 0.270. The summed E-state index contributed by atoms with van der Waals surface area (Å²) < 4.78 is 0. The molecule has 1 aromatic heterocycles. The first-order valence-electron chi connectivity index (χ1n) is 9.06. The Hall–Kier alpha value is -1.56. The molecule has 7 heteroatoms. The summed E-state index contributed by atoms with van der Waals surface area (Å²) in [5.74, 6) is 1.67. The summed E-state index contributed by atoms with van der Waals surface area (Å²) in [5, 5.41) is 4.67. The molecule has 1 aliphatic heterocycles. The van der Waals surface area contributed by atoms with Crippen molar-refractivity contribution in [3.63, 3.8) is 0 Å². The average molecular weight is 394 g/mol. The van der Waals surface area contributed by atoms with Gasteiger partial charge in [-0.2, -0.15) is 4.98 Å². The number of nitrogens with one attached hydrogen (secondary N) is 1. The van der Waals surface area contributed by atoms with E-state index in [-0.39, 0.29) is 0 Å². The number of benzene rings is 1. The number of likely N-dealkylation sites (N-methyl/N-ethyl adjacent to an activating group) is 1. The minimum atomic E-state index is 0.654. The van der Waals surface area contributed by atoms with Crippen LogP contribution in [0.4, 0.5) is 11.8 Å². The molecule has 1 saturated heterocycles. The van der Waals surface area contributed by atoms with Crippen LogP contribution in [0.2, 0.25) is 10.0 Å². The normalized spacial score (nSPS) is 15.3. The van der Waals surface area contributed by atoms with Crippen LogP contribution in [-0.2, 0) is 6.42 Å². The fourth-order valence-corrected chi connectivity index (χ4v) is 3.62. The lowest BCUT2D eigenvalue weighted by atomic mass is 10.1. The molecule has 1 aromatic carbocycles. The molecule has 2 heterocycles. The van der Waals surface area contributed by atoms with Crippen LogP contribution < -0.4 is 10.2 Å². The van der Waals surface area contributed by atoms with Crippen molar-refractivity contribution in [2.45, 2.75) is 20.3 Å². The molecule has 2 aromatic rings. The van der Waals surface area contributed by atoms with Gasteiger partial charge < -0.3 is 15.1 Å². The van der Waals surface area contributed by atoms with E-state index in [0.717, 1.165) is 56.2 Å². The third-order valence-electron chi connectivity index (χ3n) is 4.68. The molecule has 0 aliphatic carbocycles. The molecule has 1 fully saturated rings. The second-order valence-corrected chi connectivity index (χ2v) is 7.37. The first-order valence-corrected chi connectivity index (χ1v) is 9.81. The molecule has 3 rings (SSSR count). The molecular weight excluding hydrogens is 369 g/mol. The van der Waals surface area contributed by atoms with Crippen LogP contribution in [0.5, 0.6) is 0 Å². The highest BCUT2D eigenvalue weighted by Gasteiger charge is 2.17. The Morgan fingerprint density at radius 1 is 1.08 bits per heavy atom. The summed E-state index contributed by atoms with van der Waals surface area (Å²) in [4.78, 5) is 14.0. The summed E-state index contributed by atoms with van der Waals surface area (Å²) in [6, 6.07) is 7.65. The summed E-state index contributed by atoms with van der Waals surface area (Å²) in [6.45, 7) is 10.2. The molecule has 140 valence electrons. The van der Waals surface area contributed by atoms with Crippen molar-refractivity contribution >= 4 is 35.0 Å². The van der Waals surface area contributed by atoms with Gasteiger partial charge in [0.05, 0.1) is 0 Å². The van der Waals surface area contributed by atoms with Gasteiger partial charge in [-0.1, -0.05) is 36.2 Å². The summed E-state index contributed by atoms with van der Waals surface area (Å²) in [6.07, 6.45) is 0.789. The van der Waals surface area contributed by atoms with E-state index in [0.29, 0.717) is 22.5 Å². The van der Waals surface area contributed by atoms with Gasteiger partial charge >= 0.3 is 0 Å². The van der Waals surface area contributed by atoms with E-state index in [1.165, 1.54) is 0 Å². The number of piperazine rings is 1. The molecule has 0 spiro atoms. The van der Waals surface area contributed by atoms with Crippen LogP contribution in [0, 0.1) is 6.92 Å². The van der Waals surface area contributed by atoms with Gasteiger partial charge in [-0.25, -0.2) is 4.98 Å². The topological polar surface area (TPSA) is 44.3 Å². The van der Waals surface area contributed by atoms with Gasteiger partial charge in [0.25, 0.3) is 0 Å². The van der Waals surface area contributed by atoms with Gasteiger partial charge in [-0.15, -0.1) is 0 Å². The zero-order valence-corrected chi connectivity index (χ0v) is 16.8. The van der Waals surface area contributed by atoms with Gasteiger partial charge in [-0.05, 0) is 37.6 Å². The van der Waals surface area contributed by atoms with Gasteiger partial charge in [0.15, 0.2) is 0 Å². The molecular formula is C19H25Cl2N5. The van der Waals surface area contributed by atoms with E-state index < -0.39 is 0 Å². The zero-order valence-electron chi connectivity index (χ0n) is 15.3. The Morgan fingerprint density at radius 2 is 1.85 bits per heavy atom. The van der Waals surface area contributed by atoms with Crippen molar-refractivity contribution in [2.24, 2.45) is 0 Å². The smallest absolute Gasteiger partial charge is 0.224 e. The van der Waals surface area contributed by atoms with E-state index in [4.69, 9.17) is 28.2 Å². The van der Waals surface area contributed by atoms with E-state index in [9.17, 15) is 0 Å². The Kier molecular flexibility index (Phi) is 6.57. The van der Waals surface area contributed by atoms with Crippen LogP contribution in [0.25, 0.3) is 0 Å². The largest absolute Gasteiger partial charge is 0.354 e. The molecule has 1 N–H and O–H groups in total. The number of halogens is 2. The molecule has 1 aliphatic rings. The van der Waals surface area contributed by atoms with E-state index in [2.05, 4.69) is 33.1 Å². The van der Waals surface area contributed by atoms with Gasteiger partial charge in [0.1, 0.15) is 5.82 Å². The zero-order chi connectivity index (χ0) is 18.5. The van der Waals surface area contributed by atoms with Crippen molar-refractivity contribution in [1.29, 1.82) is 0 Å². The standard InChI is InChI=1S/C19H25Cl2N5/c1-3-25-8-10-26(11-9-25)18-12-14(2)23-19(24-18)22-7-6-15-4-5-16(20)13-17(15)21/h4-5,12-13H,3,6-11H2,1-2H3,(H,22,23,24). The molecule has 0 saturated carbocycles. The molecule has 0 atom stereocenters. The summed E-state index contributed by atoms with van der Waals surface area (Å²) in [7, 11) is 0. The molecule has 5 nitrogen and oxygen atoms in total. The van der Waals surface area contributed by atoms with E-state index in [1.807, 2.05) is 19.1 Å². The van der Waals surface area contributed by atoms with Crippen LogP contribution in [0.1, 0.15) is 18.2 Å². The maximum atomic E-state index is 6.23. The minimum absolute atomic E-state index is 0.654. The summed E-state index contributed by atoms with van der Waals surface area (Å²) in [5.41, 5.74) is 2.03. The lowest BCUT2D eigenvalue weighted by Crippen LogP contribution is -2.46. The Labute approximate surface area is 165 Å². The highest BCUT2D eigenvalue weighted by atomic mass is 35.5. The number of nitrogens with zero attached hydrogens (tertiary/aromatic N) is 4. The van der Waals surface area contributed by atoms with Crippen LogP contribution in [0.3, 0.4) is 0 Å². The predicted octanol–water partition coefficient (Wildman–Crippen LogP) is 3.89. The minimum Gasteiger partial charge on any atom is -0.354 e. The monoisotopic (exact) mass is 393 g/mol. The maximum Gasteiger partial charge on any atom is 0.224 e. The fraction of sp³-hybridized carbons (Fsp3) is 0.474. The average Bonchev–Trinajstić information content (AvgIpc) is 2.63. The molecule has 0 bridgehead atoms. The van der Waals surface area contributed by atoms with Crippen molar-refractivity contribution in [3.05, 3.63) is 45.6 Å². The van der Waals surface area contributed by atoms with Crippen LogP contribution in [0.15, 0.2) is 24.3 Å². The predicted molar refractivity (Wildman–Crippen MR) is 110 cm³/mol. The maximum absolute atomic E-state index is 6.23. The van der Waals surface area contributed by atoms with Gasteiger partial charge in [0, 0.05) is 54.5 Å². The third-order valence-corrected chi connectivity index (χ3v) is 5.26. The highest BCUT2D eigenvalue weighted by molar-refractivity contribution is 6.35. The number of aryl methyl sites for hydroxylation is 1. The van der Waals surface area contributed by atoms with Gasteiger partial charge in [-0.3, -0.25) is 0 Å². The molecule has 0 unspecified atom stereocenters. The second kappa shape index (κ2) is 8.89. The van der Waals surface area contributed by atoms with Gasteiger partial charge in [0.2, 0.25) is 5.95 Å². The number of rotatable bonds is 6. The first kappa shape index (κ1) is 19.2. The van der Waals surface area contributed by atoms with E-state index >= 15 is 0 Å². The van der Waals surface area contributed by atoms with E-state index in [1.54, 1.807) is 6.07 Å². The van der Waals surface area contributed by atoms with Crippen molar-refractivity contribution in [3.8, 4) is 0 Å². The number of hydrogen-bond acceptors (Lipinski definition) is 5. The Balaban J connectivity index is 1.61. The van der Waals surface area contributed by atoms with Crippen molar-refractivity contribution < 1.29 is 0 Å². The molecule has 0 radical (unpaired) electrons. The Bertz CT molecular complexity index is 745. The Morgan fingerprint density at radius 3 is 2.54 bits per heavy atom. The van der Waals surface area contributed by atoms with Crippen LogP contribution >= 0.6 is 23.2 Å². The quantitative estimate of drug-likeness (QED) is 0.806. The number of anilines is 2. The lowest BCUT2D eigenvalue weighted by Gasteiger charge is -2.34. The fourth-order valence-electron chi connectivity index (χ4n) is 3.12. The van der Waals surface area contributed by atoms with Crippen molar-refractivity contribution in [1.82, 2.24) is 14.9 Å². The SMILES string of the molecule is CCN1CCN(c2cc(C)nc(NCCc3ccc(Cl)cc3Cl)n2)CC1. The first-order chi connectivity index (χ1) is 12.5. The molecule has 26 heavy (non-hydrogen) atoms. The number of hydrogen-bond donors (Lipinski definition) is 1. The molecule has 0 amide bonds. The second-order valence-electron chi connectivity index (χ2n) is 6.52. The summed E-state index contributed by atoms with van der Waals surface area (Å²) >= 11 is 12.2. The van der Waals surface area contributed by atoms with Crippen LogP contribution in [-0.4, -0.2) is 54.1 Å². The third kappa shape index (κ3) is 5.00. The van der Waals surface area contributed by atoms with Crippen molar-refractivity contribution in [2.75, 3.05) is 49.5 Å².